The van der Waals surface area contributed by atoms with Gasteiger partial charge in [0.25, 0.3) is 0 Å². The van der Waals surface area contributed by atoms with E-state index >= 15 is 0 Å². The molecule has 1 N–H and O–H groups in total. The second kappa shape index (κ2) is 5.76. The van der Waals surface area contributed by atoms with Crippen molar-refractivity contribution in [2.75, 3.05) is 5.32 Å². The summed E-state index contributed by atoms with van der Waals surface area (Å²) in [5, 5.41) is 3.16. The summed E-state index contributed by atoms with van der Waals surface area (Å²) in [4.78, 5) is 0. The monoisotopic (exact) mass is 351 g/mol. The van der Waals surface area contributed by atoms with Gasteiger partial charge in [-0.25, -0.2) is 8.78 Å². The Labute approximate surface area is 131 Å². The second-order valence-electron chi connectivity index (χ2n) is 5.67. The van der Waals surface area contributed by atoms with Gasteiger partial charge in [-0.1, -0.05) is 29.8 Å². The first-order chi connectivity index (χ1) is 10.0. The van der Waals surface area contributed by atoms with Crippen LogP contribution in [0.5, 0.6) is 0 Å². The Kier molecular flexibility index (Phi) is 3.98. The molecule has 1 aliphatic rings. The van der Waals surface area contributed by atoms with E-state index < -0.39 is 11.6 Å². The fourth-order valence-corrected chi connectivity index (χ4v) is 3.13. The molecule has 1 fully saturated rings. The van der Waals surface area contributed by atoms with Crippen LogP contribution in [-0.4, -0.2) is 6.04 Å². The Morgan fingerprint density at radius 2 is 1.86 bits per heavy atom. The molecule has 4 heteroatoms. The minimum atomic E-state index is -0.579. The molecule has 0 amide bonds. The molecule has 1 nitrogen and oxygen atoms in total. The topological polar surface area (TPSA) is 12.0 Å². The molecule has 21 heavy (non-hydrogen) atoms. The highest BCUT2D eigenvalue weighted by Crippen LogP contribution is 2.39. The van der Waals surface area contributed by atoms with Crippen LogP contribution in [0.4, 0.5) is 14.5 Å². The minimum absolute atomic E-state index is 0.238. The molecule has 0 radical (unpaired) electrons. The lowest BCUT2D eigenvalue weighted by atomic mass is 9.75. The molecule has 110 valence electrons. The number of hydrogen-bond donors (Lipinski definition) is 1. The lowest BCUT2D eigenvalue weighted by Gasteiger charge is -2.37. The van der Waals surface area contributed by atoms with Gasteiger partial charge in [0.2, 0.25) is 0 Å². The molecule has 0 atom stereocenters. The van der Waals surface area contributed by atoms with Gasteiger partial charge in [-0.2, -0.15) is 0 Å². The van der Waals surface area contributed by atoms with Crippen LogP contribution < -0.4 is 5.32 Å². The maximum absolute atomic E-state index is 13.7. The first kappa shape index (κ1) is 14.5. The van der Waals surface area contributed by atoms with Gasteiger partial charge in [0.15, 0.2) is 0 Å². The highest BCUT2D eigenvalue weighted by atomic mass is 79.9. The van der Waals surface area contributed by atoms with E-state index in [2.05, 4.69) is 52.4 Å². The first-order valence-corrected chi connectivity index (χ1v) is 7.80. The van der Waals surface area contributed by atoms with Gasteiger partial charge in [0.1, 0.15) is 11.6 Å². The molecular formula is C17H16BrF2N. The molecule has 3 rings (SSSR count). The Bertz CT molecular complexity index is 666. The van der Waals surface area contributed by atoms with Crippen LogP contribution in [0.15, 0.2) is 40.9 Å². The molecule has 0 saturated heterocycles. The third-order valence-corrected chi connectivity index (χ3v) is 4.63. The third-order valence-electron chi connectivity index (χ3n) is 4.02. The molecule has 0 aromatic heterocycles. The molecule has 2 aromatic carbocycles. The average molecular weight is 352 g/mol. The second-order valence-corrected chi connectivity index (χ2v) is 6.52. The van der Waals surface area contributed by atoms with Crippen molar-refractivity contribution in [3.8, 4) is 0 Å². The van der Waals surface area contributed by atoms with E-state index in [1.54, 1.807) is 0 Å². The predicted octanol–water partition coefficient (Wildman–Crippen LogP) is 5.39. The summed E-state index contributed by atoms with van der Waals surface area (Å²) in [5.74, 6) is -0.603. The summed E-state index contributed by atoms with van der Waals surface area (Å²) in [7, 11) is 0. The number of hydrogen-bond acceptors (Lipinski definition) is 1. The highest BCUT2D eigenvalue weighted by Gasteiger charge is 2.30. The van der Waals surface area contributed by atoms with E-state index in [-0.39, 0.29) is 10.5 Å². The van der Waals surface area contributed by atoms with Crippen LogP contribution >= 0.6 is 15.9 Å². The smallest absolute Gasteiger partial charge is 0.149 e. The maximum Gasteiger partial charge on any atom is 0.149 e. The lowest BCUT2D eigenvalue weighted by molar-refractivity contribution is 0.372. The number of halogens is 3. The van der Waals surface area contributed by atoms with E-state index in [4.69, 9.17) is 0 Å². The summed E-state index contributed by atoms with van der Waals surface area (Å²) in [5.41, 5.74) is 2.96. The molecule has 0 aliphatic heterocycles. The van der Waals surface area contributed by atoms with Crippen molar-refractivity contribution in [3.63, 3.8) is 0 Å². The van der Waals surface area contributed by atoms with E-state index in [9.17, 15) is 8.78 Å². The zero-order valence-electron chi connectivity index (χ0n) is 11.7. The van der Waals surface area contributed by atoms with Crippen LogP contribution in [0.25, 0.3) is 0 Å². The molecule has 0 unspecified atom stereocenters. The summed E-state index contributed by atoms with van der Waals surface area (Å²) >= 11 is 3.08. The predicted molar refractivity (Wildman–Crippen MR) is 84.6 cm³/mol. The number of anilines is 1. The minimum Gasteiger partial charge on any atom is -0.380 e. The summed E-state index contributed by atoms with van der Waals surface area (Å²) in [6.07, 6.45) is 1.94. The van der Waals surface area contributed by atoms with Crippen molar-refractivity contribution in [1.29, 1.82) is 0 Å². The van der Waals surface area contributed by atoms with Crippen molar-refractivity contribution in [3.05, 3.63) is 63.6 Å². The lowest BCUT2D eigenvalue weighted by Crippen LogP contribution is -2.34. The largest absolute Gasteiger partial charge is 0.380 e. The van der Waals surface area contributed by atoms with Crippen LogP contribution in [-0.2, 0) is 0 Å². The van der Waals surface area contributed by atoms with Crippen LogP contribution in [0, 0.1) is 18.6 Å². The van der Waals surface area contributed by atoms with E-state index in [0.29, 0.717) is 11.6 Å². The number of aryl methyl sites for hydroxylation is 1. The normalized spacial score (nSPS) is 21.0. The fourth-order valence-electron chi connectivity index (χ4n) is 2.79. The van der Waals surface area contributed by atoms with Gasteiger partial charge in [0.05, 0.1) is 10.2 Å². The standard InChI is InChI=1S/C17H16BrF2N/c1-10-3-2-4-11(5-10)12-6-13(7-12)21-17-8-14(18)15(19)9-16(17)20/h2-5,8-9,12-13,21H,6-7H2,1H3. The summed E-state index contributed by atoms with van der Waals surface area (Å²) < 4.78 is 27.2. The van der Waals surface area contributed by atoms with Crippen molar-refractivity contribution >= 4 is 21.6 Å². The van der Waals surface area contributed by atoms with Crippen LogP contribution in [0.3, 0.4) is 0 Å². The highest BCUT2D eigenvalue weighted by molar-refractivity contribution is 9.10. The van der Waals surface area contributed by atoms with Gasteiger partial charge in [0, 0.05) is 12.1 Å². The van der Waals surface area contributed by atoms with Crippen molar-refractivity contribution in [1.82, 2.24) is 0 Å². The molecular weight excluding hydrogens is 336 g/mol. The zero-order valence-corrected chi connectivity index (χ0v) is 13.3. The van der Waals surface area contributed by atoms with Crippen molar-refractivity contribution in [2.24, 2.45) is 0 Å². The van der Waals surface area contributed by atoms with Gasteiger partial charge >= 0.3 is 0 Å². The third kappa shape index (κ3) is 3.10. The molecule has 1 aliphatic carbocycles. The Hall–Kier alpha value is -1.42. The zero-order chi connectivity index (χ0) is 15.0. The quantitative estimate of drug-likeness (QED) is 0.730. The molecule has 0 spiro atoms. The number of nitrogens with one attached hydrogen (secondary N) is 1. The van der Waals surface area contributed by atoms with Crippen LogP contribution in [0.2, 0.25) is 0 Å². The van der Waals surface area contributed by atoms with E-state index in [0.717, 1.165) is 18.9 Å². The van der Waals surface area contributed by atoms with Crippen LogP contribution in [0.1, 0.15) is 29.9 Å². The fraction of sp³-hybridized carbons (Fsp3) is 0.294. The summed E-state index contributed by atoms with van der Waals surface area (Å²) in [6.45, 7) is 2.09. The Balaban J connectivity index is 1.64. The Morgan fingerprint density at radius 3 is 2.57 bits per heavy atom. The molecule has 0 heterocycles. The van der Waals surface area contributed by atoms with Gasteiger partial charge in [-0.15, -0.1) is 0 Å². The van der Waals surface area contributed by atoms with Crippen molar-refractivity contribution < 1.29 is 8.78 Å². The van der Waals surface area contributed by atoms with Gasteiger partial charge < -0.3 is 5.32 Å². The molecule has 1 saturated carbocycles. The Morgan fingerprint density at radius 1 is 1.10 bits per heavy atom. The van der Waals surface area contributed by atoms with E-state index in [1.807, 2.05) is 0 Å². The number of rotatable bonds is 3. The number of benzene rings is 2. The summed E-state index contributed by atoms with van der Waals surface area (Å²) in [6, 6.07) is 11.1. The molecule has 2 aromatic rings. The first-order valence-electron chi connectivity index (χ1n) is 7.00. The van der Waals surface area contributed by atoms with E-state index in [1.165, 1.54) is 17.2 Å². The average Bonchev–Trinajstić information content (AvgIpc) is 2.39. The van der Waals surface area contributed by atoms with Crippen molar-refractivity contribution in [2.45, 2.75) is 31.7 Å². The van der Waals surface area contributed by atoms with Gasteiger partial charge in [-0.05, 0) is 53.2 Å². The van der Waals surface area contributed by atoms with Gasteiger partial charge in [-0.3, -0.25) is 0 Å². The maximum atomic E-state index is 13.7. The SMILES string of the molecule is Cc1cccc(C2CC(Nc3cc(Br)c(F)cc3F)C2)c1. The molecule has 0 bridgehead atoms.